The van der Waals surface area contributed by atoms with Crippen molar-refractivity contribution < 1.29 is 9.53 Å². The molecule has 1 aliphatic heterocycles. The molecule has 1 aromatic rings. The minimum absolute atomic E-state index is 0.00953. The van der Waals surface area contributed by atoms with E-state index in [2.05, 4.69) is 50.3 Å². The van der Waals surface area contributed by atoms with Crippen LogP contribution in [0.4, 0.5) is 0 Å². The molecule has 1 aromatic carbocycles. The maximum Gasteiger partial charge on any atom is 0.306 e. The summed E-state index contributed by atoms with van der Waals surface area (Å²) in [5, 5.41) is 1.47. The standard InChI is InChI=1S/C15H22O2Si/c1-4-14-12(10-15(16)17-14)11-18(2,3)13-8-6-5-7-9-13/h5-9,12,14H,4,10-11H2,1-3H3/t12-,14-/m1/s1. The monoisotopic (exact) mass is 262 g/mol. The minimum atomic E-state index is -1.46. The van der Waals surface area contributed by atoms with Crippen LogP contribution in [0.2, 0.25) is 19.1 Å². The van der Waals surface area contributed by atoms with Crippen molar-refractivity contribution in [2.45, 2.75) is 45.0 Å². The Balaban J connectivity index is 2.10. The molecule has 0 unspecified atom stereocenters. The molecule has 1 saturated heterocycles. The second kappa shape index (κ2) is 5.27. The predicted octanol–water partition coefficient (Wildman–Crippen LogP) is 2.94. The third-order valence-electron chi connectivity index (χ3n) is 3.97. The molecule has 0 aliphatic carbocycles. The lowest BCUT2D eigenvalue weighted by Gasteiger charge is -2.27. The quantitative estimate of drug-likeness (QED) is 0.616. The first-order valence-electron chi connectivity index (χ1n) is 6.78. The molecule has 0 aromatic heterocycles. The van der Waals surface area contributed by atoms with Crippen LogP contribution in [0, 0.1) is 5.92 Å². The number of ether oxygens (including phenoxy) is 1. The average molecular weight is 262 g/mol. The van der Waals surface area contributed by atoms with Crippen molar-refractivity contribution in [2.75, 3.05) is 0 Å². The van der Waals surface area contributed by atoms with E-state index in [9.17, 15) is 4.79 Å². The lowest BCUT2D eigenvalue weighted by atomic mass is 10.0. The lowest BCUT2D eigenvalue weighted by molar-refractivity contribution is -0.141. The van der Waals surface area contributed by atoms with E-state index >= 15 is 0 Å². The Hall–Kier alpha value is -1.09. The summed E-state index contributed by atoms with van der Waals surface area (Å²) in [7, 11) is -1.46. The second-order valence-electron chi connectivity index (χ2n) is 5.85. The van der Waals surface area contributed by atoms with Gasteiger partial charge in [0.15, 0.2) is 0 Å². The van der Waals surface area contributed by atoms with Crippen molar-refractivity contribution in [2.24, 2.45) is 5.92 Å². The van der Waals surface area contributed by atoms with Gasteiger partial charge in [0.05, 0.1) is 14.5 Å². The Morgan fingerprint density at radius 1 is 1.28 bits per heavy atom. The number of rotatable bonds is 4. The molecule has 0 bridgehead atoms. The predicted molar refractivity (Wildman–Crippen MR) is 76.6 cm³/mol. The first-order valence-corrected chi connectivity index (χ1v) is 9.98. The maximum absolute atomic E-state index is 11.4. The van der Waals surface area contributed by atoms with Gasteiger partial charge in [-0.25, -0.2) is 0 Å². The van der Waals surface area contributed by atoms with E-state index in [-0.39, 0.29) is 12.1 Å². The normalized spacial score (nSPS) is 24.1. The Kier molecular flexibility index (Phi) is 3.90. The molecular formula is C15H22O2Si. The fourth-order valence-electron chi connectivity index (χ4n) is 2.94. The van der Waals surface area contributed by atoms with E-state index in [1.54, 1.807) is 0 Å². The number of carbonyl (C=O) groups is 1. The van der Waals surface area contributed by atoms with E-state index in [4.69, 9.17) is 4.74 Å². The van der Waals surface area contributed by atoms with Gasteiger partial charge < -0.3 is 4.74 Å². The maximum atomic E-state index is 11.4. The number of esters is 1. The van der Waals surface area contributed by atoms with Gasteiger partial charge in [-0.15, -0.1) is 0 Å². The summed E-state index contributed by atoms with van der Waals surface area (Å²) in [4.78, 5) is 11.4. The fourth-order valence-corrected chi connectivity index (χ4v) is 5.99. The number of hydrogen-bond donors (Lipinski definition) is 0. The molecule has 0 spiro atoms. The summed E-state index contributed by atoms with van der Waals surface area (Å²) in [5.74, 6) is 0.411. The van der Waals surface area contributed by atoms with Crippen LogP contribution >= 0.6 is 0 Å². The van der Waals surface area contributed by atoms with Crippen molar-refractivity contribution in [1.82, 2.24) is 0 Å². The number of cyclic esters (lactones) is 1. The van der Waals surface area contributed by atoms with Crippen molar-refractivity contribution in [1.29, 1.82) is 0 Å². The highest BCUT2D eigenvalue weighted by Gasteiger charge is 2.38. The molecule has 1 heterocycles. The molecule has 2 atom stereocenters. The van der Waals surface area contributed by atoms with Crippen LogP contribution in [0.3, 0.4) is 0 Å². The largest absolute Gasteiger partial charge is 0.462 e. The first kappa shape index (κ1) is 13.3. The van der Waals surface area contributed by atoms with E-state index in [1.165, 1.54) is 5.19 Å². The molecule has 0 saturated carbocycles. The van der Waals surface area contributed by atoms with Gasteiger partial charge in [0.1, 0.15) is 6.10 Å². The SMILES string of the molecule is CC[C@H]1OC(=O)C[C@@H]1C[Si](C)(C)c1ccccc1. The minimum Gasteiger partial charge on any atom is -0.462 e. The smallest absolute Gasteiger partial charge is 0.306 e. The van der Waals surface area contributed by atoms with Crippen LogP contribution in [0.1, 0.15) is 19.8 Å². The van der Waals surface area contributed by atoms with Gasteiger partial charge in [0.25, 0.3) is 0 Å². The van der Waals surface area contributed by atoms with Crippen LogP contribution in [-0.2, 0) is 9.53 Å². The van der Waals surface area contributed by atoms with Crippen LogP contribution in [-0.4, -0.2) is 20.1 Å². The Morgan fingerprint density at radius 3 is 2.56 bits per heavy atom. The van der Waals surface area contributed by atoms with Gasteiger partial charge in [0.2, 0.25) is 0 Å². The topological polar surface area (TPSA) is 26.3 Å². The van der Waals surface area contributed by atoms with Gasteiger partial charge in [0, 0.05) is 5.92 Å². The van der Waals surface area contributed by atoms with Crippen LogP contribution < -0.4 is 5.19 Å². The molecule has 98 valence electrons. The molecule has 2 nitrogen and oxygen atoms in total. The van der Waals surface area contributed by atoms with Crippen molar-refractivity contribution in [3.8, 4) is 0 Å². The number of hydrogen-bond acceptors (Lipinski definition) is 2. The highest BCUT2D eigenvalue weighted by Crippen LogP contribution is 2.31. The molecule has 1 fully saturated rings. The highest BCUT2D eigenvalue weighted by atomic mass is 28.3. The Labute approximate surface area is 110 Å². The second-order valence-corrected chi connectivity index (χ2v) is 10.6. The van der Waals surface area contributed by atoms with Gasteiger partial charge in [-0.05, 0) is 12.5 Å². The number of benzene rings is 1. The summed E-state index contributed by atoms with van der Waals surface area (Å²) in [6.07, 6.45) is 1.70. The summed E-state index contributed by atoms with van der Waals surface area (Å²) in [6, 6.07) is 11.9. The van der Waals surface area contributed by atoms with Crippen molar-refractivity contribution >= 4 is 19.2 Å². The zero-order valence-electron chi connectivity index (χ0n) is 11.5. The third kappa shape index (κ3) is 2.83. The van der Waals surface area contributed by atoms with E-state index in [0.717, 1.165) is 12.5 Å². The summed E-state index contributed by atoms with van der Waals surface area (Å²) < 4.78 is 5.39. The molecule has 0 radical (unpaired) electrons. The Morgan fingerprint density at radius 2 is 1.94 bits per heavy atom. The summed E-state index contributed by atoms with van der Waals surface area (Å²) in [5.41, 5.74) is 0. The van der Waals surface area contributed by atoms with Crippen LogP contribution in [0.25, 0.3) is 0 Å². The molecular weight excluding hydrogens is 240 g/mol. The van der Waals surface area contributed by atoms with Crippen molar-refractivity contribution in [3.05, 3.63) is 30.3 Å². The molecule has 1 aliphatic rings. The van der Waals surface area contributed by atoms with E-state index < -0.39 is 8.07 Å². The molecule has 0 N–H and O–H groups in total. The van der Waals surface area contributed by atoms with Crippen LogP contribution in [0.15, 0.2) is 30.3 Å². The van der Waals surface area contributed by atoms with E-state index in [0.29, 0.717) is 12.3 Å². The van der Waals surface area contributed by atoms with Gasteiger partial charge in [-0.2, -0.15) is 0 Å². The average Bonchev–Trinajstić information content (AvgIpc) is 2.70. The third-order valence-corrected chi connectivity index (χ3v) is 7.41. The molecule has 3 heteroatoms. The summed E-state index contributed by atoms with van der Waals surface area (Å²) >= 11 is 0. The lowest BCUT2D eigenvalue weighted by Crippen LogP contribution is -2.43. The zero-order valence-corrected chi connectivity index (χ0v) is 12.5. The summed E-state index contributed by atoms with van der Waals surface area (Å²) in [6.45, 7) is 6.88. The fraction of sp³-hybridized carbons (Fsp3) is 0.533. The highest BCUT2D eigenvalue weighted by molar-refractivity contribution is 6.89. The van der Waals surface area contributed by atoms with Gasteiger partial charge in [-0.1, -0.05) is 55.5 Å². The van der Waals surface area contributed by atoms with Crippen molar-refractivity contribution in [3.63, 3.8) is 0 Å². The van der Waals surface area contributed by atoms with E-state index in [1.807, 2.05) is 0 Å². The van der Waals surface area contributed by atoms with Gasteiger partial charge >= 0.3 is 5.97 Å². The first-order chi connectivity index (χ1) is 8.53. The molecule has 18 heavy (non-hydrogen) atoms. The zero-order chi connectivity index (χ0) is 13.2. The molecule has 0 amide bonds. The van der Waals surface area contributed by atoms with Gasteiger partial charge in [-0.3, -0.25) is 4.79 Å². The van der Waals surface area contributed by atoms with Crippen LogP contribution in [0.5, 0.6) is 0 Å². The molecule has 2 rings (SSSR count). The Bertz CT molecular complexity index is 414. The number of carbonyl (C=O) groups excluding carboxylic acids is 1.